The van der Waals surface area contributed by atoms with E-state index in [2.05, 4.69) is 30.5 Å². The van der Waals surface area contributed by atoms with Crippen molar-refractivity contribution in [3.63, 3.8) is 0 Å². The van der Waals surface area contributed by atoms with Crippen LogP contribution in [0.4, 0.5) is 0 Å². The van der Waals surface area contributed by atoms with Crippen LogP contribution in [-0.4, -0.2) is 31.1 Å². The van der Waals surface area contributed by atoms with Gasteiger partial charge in [-0.25, -0.2) is 9.97 Å². The molecule has 0 saturated heterocycles. The Kier molecular flexibility index (Phi) is 4.22. The molecule has 0 atom stereocenters. The second-order valence-electron chi connectivity index (χ2n) is 6.58. The van der Waals surface area contributed by atoms with Crippen molar-refractivity contribution in [3.8, 4) is 11.5 Å². The number of amides is 1. The molecule has 3 N–H and O–H groups in total. The number of imidazole rings is 1. The van der Waals surface area contributed by atoms with E-state index in [1.807, 2.05) is 42.5 Å². The minimum atomic E-state index is -0.213. The molecule has 3 aromatic heterocycles. The van der Waals surface area contributed by atoms with Gasteiger partial charge in [0.1, 0.15) is 16.4 Å². The Hall–Kier alpha value is -3.71. The zero-order chi connectivity index (χ0) is 19.8. The first-order chi connectivity index (χ1) is 14.2. The number of aromatic nitrogens is 5. The van der Waals surface area contributed by atoms with Gasteiger partial charge in [-0.2, -0.15) is 5.10 Å². The lowest BCUT2D eigenvalue weighted by atomic mass is 10.1. The molecule has 0 aliphatic heterocycles. The first kappa shape index (κ1) is 17.4. The molecule has 0 bridgehead atoms. The number of benzene rings is 2. The Bertz CT molecular complexity index is 1340. The van der Waals surface area contributed by atoms with Crippen LogP contribution in [0.5, 0.6) is 0 Å². The van der Waals surface area contributed by atoms with Gasteiger partial charge in [0.15, 0.2) is 5.82 Å². The van der Waals surface area contributed by atoms with Crippen LogP contribution < -0.4 is 5.32 Å². The third-order valence-corrected chi connectivity index (χ3v) is 4.92. The zero-order valence-electron chi connectivity index (χ0n) is 15.1. The van der Waals surface area contributed by atoms with Gasteiger partial charge in [0, 0.05) is 18.1 Å². The number of nitrogens with one attached hydrogen (secondary N) is 3. The van der Waals surface area contributed by atoms with E-state index in [1.54, 1.807) is 18.3 Å². The highest BCUT2D eigenvalue weighted by Gasteiger charge is 2.17. The number of rotatable bonds is 4. The van der Waals surface area contributed by atoms with Crippen LogP contribution in [0.15, 0.2) is 60.8 Å². The minimum Gasteiger partial charge on any atom is -0.348 e. The van der Waals surface area contributed by atoms with Gasteiger partial charge in [-0.3, -0.25) is 9.89 Å². The number of H-pyrrole nitrogens is 2. The Morgan fingerprint density at radius 2 is 1.90 bits per heavy atom. The topological polar surface area (TPSA) is 99.4 Å². The molecule has 0 spiro atoms. The van der Waals surface area contributed by atoms with Crippen LogP contribution in [0.2, 0.25) is 5.15 Å². The van der Waals surface area contributed by atoms with E-state index in [0.717, 1.165) is 27.7 Å². The quantitative estimate of drug-likeness (QED) is 0.394. The summed E-state index contributed by atoms with van der Waals surface area (Å²) in [4.78, 5) is 24.7. The molecule has 2 aromatic carbocycles. The number of carbonyl (C=O) groups is 1. The molecule has 5 rings (SSSR count). The first-order valence-corrected chi connectivity index (χ1v) is 9.38. The Morgan fingerprint density at radius 3 is 2.76 bits per heavy atom. The van der Waals surface area contributed by atoms with Crippen LogP contribution in [0.1, 0.15) is 15.9 Å². The molecular formula is C21H15ClN6O. The fraction of sp³-hybridized carbons (Fsp3) is 0.0476. The molecule has 8 heteroatoms. The van der Waals surface area contributed by atoms with Gasteiger partial charge >= 0.3 is 0 Å². The number of pyridine rings is 1. The lowest BCUT2D eigenvalue weighted by Gasteiger charge is -2.05. The smallest absolute Gasteiger partial charge is 0.253 e. The number of halogens is 1. The summed E-state index contributed by atoms with van der Waals surface area (Å²) in [5.41, 5.74) is 4.37. The number of para-hydroxylation sites is 2. The monoisotopic (exact) mass is 402 g/mol. The average molecular weight is 403 g/mol. The summed E-state index contributed by atoms with van der Waals surface area (Å²) in [7, 11) is 0. The number of fused-ring (bicyclic) bond motifs is 2. The van der Waals surface area contributed by atoms with Crippen LogP contribution in [-0.2, 0) is 6.54 Å². The average Bonchev–Trinajstić information content (AvgIpc) is 3.36. The zero-order valence-corrected chi connectivity index (χ0v) is 15.9. The number of nitrogens with zero attached hydrogens (tertiary/aromatic N) is 3. The lowest BCUT2D eigenvalue weighted by molar-refractivity contribution is 0.0952. The van der Waals surface area contributed by atoms with Gasteiger partial charge in [-0.05, 0) is 29.8 Å². The van der Waals surface area contributed by atoms with Crippen LogP contribution in [0, 0.1) is 0 Å². The molecular weight excluding hydrogens is 388 g/mol. The third kappa shape index (κ3) is 3.21. The second kappa shape index (κ2) is 7.03. The molecule has 142 valence electrons. The molecule has 5 aromatic rings. The summed E-state index contributed by atoms with van der Waals surface area (Å²) in [5, 5.41) is 11.7. The van der Waals surface area contributed by atoms with Crippen molar-refractivity contribution < 1.29 is 4.79 Å². The van der Waals surface area contributed by atoms with Crippen LogP contribution in [0.3, 0.4) is 0 Å². The summed E-state index contributed by atoms with van der Waals surface area (Å²) >= 11 is 5.80. The van der Waals surface area contributed by atoms with Gasteiger partial charge in [-0.15, -0.1) is 0 Å². The fourth-order valence-corrected chi connectivity index (χ4v) is 3.37. The van der Waals surface area contributed by atoms with Crippen molar-refractivity contribution in [3.05, 3.63) is 77.1 Å². The molecule has 29 heavy (non-hydrogen) atoms. The van der Waals surface area contributed by atoms with E-state index >= 15 is 0 Å². The molecule has 0 aliphatic rings. The number of aromatic amines is 2. The van der Waals surface area contributed by atoms with Crippen molar-refractivity contribution in [2.24, 2.45) is 0 Å². The van der Waals surface area contributed by atoms with E-state index in [4.69, 9.17) is 11.6 Å². The van der Waals surface area contributed by atoms with Crippen molar-refractivity contribution in [1.29, 1.82) is 0 Å². The van der Waals surface area contributed by atoms with Gasteiger partial charge in [0.05, 0.1) is 16.6 Å². The summed E-state index contributed by atoms with van der Waals surface area (Å²) in [5.74, 6) is 0.398. The maximum absolute atomic E-state index is 12.8. The maximum atomic E-state index is 12.8. The molecule has 0 unspecified atom stereocenters. The van der Waals surface area contributed by atoms with Gasteiger partial charge in [-0.1, -0.05) is 41.9 Å². The number of hydrogen-bond donors (Lipinski definition) is 3. The molecule has 0 fully saturated rings. The van der Waals surface area contributed by atoms with Gasteiger partial charge in [0.2, 0.25) is 0 Å². The predicted octanol–water partition coefficient (Wildman–Crippen LogP) is 4.08. The van der Waals surface area contributed by atoms with Crippen LogP contribution in [0.25, 0.3) is 33.5 Å². The fourth-order valence-electron chi connectivity index (χ4n) is 3.26. The lowest BCUT2D eigenvalue weighted by Crippen LogP contribution is -2.23. The highest BCUT2D eigenvalue weighted by Crippen LogP contribution is 2.27. The van der Waals surface area contributed by atoms with Gasteiger partial charge in [0.25, 0.3) is 5.91 Å². The minimum absolute atomic E-state index is 0.213. The van der Waals surface area contributed by atoms with E-state index in [9.17, 15) is 4.79 Å². The van der Waals surface area contributed by atoms with E-state index in [1.165, 1.54) is 0 Å². The summed E-state index contributed by atoms with van der Waals surface area (Å²) < 4.78 is 0. The molecule has 7 nitrogen and oxygen atoms in total. The Balaban J connectivity index is 1.47. The Labute approximate surface area is 170 Å². The van der Waals surface area contributed by atoms with Crippen LogP contribution >= 0.6 is 11.6 Å². The van der Waals surface area contributed by atoms with E-state index < -0.39 is 0 Å². The summed E-state index contributed by atoms with van der Waals surface area (Å²) in [6, 6.07) is 16.8. The van der Waals surface area contributed by atoms with E-state index in [0.29, 0.717) is 28.6 Å². The molecule has 0 aliphatic carbocycles. The Morgan fingerprint density at radius 1 is 1.03 bits per heavy atom. The highest BCUT2D eigenvalue weighted by atomic mass is 35.5. The molecule has 0 radical (unpaired) electrons. The number of hydrogen-bond acceptors (Lipinski definition) is 4. The largest absolute Gasteiger partial charge is 0.348 e. The highest BCUT2D eigenvalue weighted by molar-refractivity contribution is 6.29. The van der Waals surface area contributed by atoms with Gasteiger partial charge < -0.3 is 10.3 Å². The van der Waals surface area contributed by atoms with E-state index in [-0.39, 0.29) is 5.91 Å². The normalized spacial score (nSPS) is 11.2. The summed E-state index contributed by atoms with van der Waals surface area (Å²) in [6.45, 7) is 0.348. The standard InChI is InChI=1S/C21H15ClN6O/c22-17-9-8-12(10-23-17)11-24-21(29)14-5-3-7-16-18(14)26-20(25-16)19-13-4-1-2-6-15(13)27-28-19/h1-10H,11H2,(H,24,29)(H,25,26)(H,27,28). The van der Waals surface area contributed by atoms with Crippen molar-refractivity contribution in [2.75, 3.05) is 0 Å². The van der Waals surface area contributed by atoms with Crippen molar-refractivity contribution in [1.82, 2.24) is 30.5 Å². The molecule has 1 amide bonds. The SMILES string of the molecule is O=C(NCc1ccc(Cl)nc1)c1cccc2[nH]c(-c3n[nH]c4ccccc34)nc12. The number of carbonyl (C=O) groups excluding carboxylic acids is 1. The van der Waals surface area contributed by atoms with Crippen molar-refractivity contribution >= 4 is 39.4 Å². The maximum Gasteiger partial charge on any atom is 0.253 e. The third-order valence-electron chi connectivity index (χ3n) is 4.69. The second-order valence-corrected chi connectivity index (χ2v) is 6.96. The molecule has 3 heterocycles. The first-order valence-electron chi connectivity index (χ1n) is 9.00. The summed E-state index contributed by atoms with van der Waals surface area (Å²) in [6.07, 6.45) is 1.64. The molecule has 0 saturated carbocycles. The van der Waals surface area contributed by atoms with Crippen molar-refractivity contribution in [2.45, 2.75) is 6.54 Å². The predicted molar refractivity (Wildman–Crippen MR) is 112 cm³/mol.